The number of aromatic nitrogens is 1. The van der Waals surface area contributed by atoms with Crippen LogP contribution in [0.4, 0.5) is 0 Å². The van der Waals surface area contributed by atoms with Crippen molar-refractivity contribution in [2.45, 2.75) is 19.4 Å². The Morgan fingerprint density at radius 3 is 2.51 bits per heavy atom. The summed E-state index contributed by atoms with van der Waals surface area (Å²) >= 11 is 0. The number of rotatable bonds is 10. The van der Waals surface area contributed by atoms with Crippen LogP contribution in [0.5, 0.6) is 11.5 Å². The molecule has 1 aromatic heterocycles. The smallest absolute Gasteiger partial charge is 0.290 e. The monoisotopic (exact) mass is 522 g/mol. The first kappa shape index (κ1) is 25.9. The number of fused-ring (bicyclic) bond motifs is 1. The topological polar surface area (TPSA) is 91.9 Å². The second-order valence-corrected chi connectivity index (χ2v) is 9.25. The molecule has 198 valence electrons. The molecule has 1 aliphatic rings. The van der Waals surface area contributed by atoms with Crippen molar-refractivity contribution in [3.63, 3.8) is 0 Å². The van der Waals surface area contributed by atoms with E-state index in [4.69, 9.17) is 9.47 Å². The van der Waals surface area contributed by atoms with E-state index in [-0.39, 0.29) is 5.57 Å². The van der Waals surface area contributed by atoms with Crippen molar-refractivity contribution in [3.8, 4) is 11.5 Å². The van der Waals surface area contributed by atoms with E-state index in [0.717, 1.165) is 27.8 Å². The Kier molecular flexibility index (Phi) is 7.50. The van der Waals surface area contributed by atoms with Gasteiger partial charge in [0.1, 0.15) is 11.5 Å². The molecular weight excluding hydrogens is 492 g/mol. The highest BCUT2D eigenvalue weighted by atomic mass is 16.5. The number of methoxy groups -OCH3 is 1. The summed E-state index contributed by atoms with van der Waals surface area (Å²) in [6.45, 7) is 2.73. The normalized spacial score (nSPS) is 15.5. The van der Waals surface area contributed by atoms with Crippen molar-refractivity contribution in [2.24, 2.45) is 0 Å². The number of hydrogen-bond acceptors (Lipinski definition) is 5. The quantitative estimate of drug-likeness (QED) is 0.257. The number of ketones is 1. The number of nitrogens with one attached hydrogen (secondary N) is 1. The summed E-state index contributed by atoms with van der Waals surface area (Å²) in [7, 11) is 1.62. The van der Waals surface area contributed by atoms with Gasteiger partial charge in [0.25, 0.3) is 5.91 Å². The Bertz CT molecular complexity index is 1550. The Hall–Kier alpha value is -4.78. The standard InChI is InChI=1S/C32H30N2O5/c1-3-39-24-12-10-22(11-13-24)30-29(28(35)16-9-21-7-5-4-6-8-21)31(36)32(37)34(30)18-17-23-20-33-27-15-14-25(38-2)19-26(23)27/h4-16,19-20,30,33,36H,3,17-18H2,1-2H3/b16-9+/t30-/m0/s1. The van der Waals surface area contributed by atoms with Crippen molar-refractivity contribution in [3.05, 3.63) is 113 Å². The van der Waals surface area contributed by atoms with Crippen molar-refractivity contribution < 1.29 is 24.2 Å². The molecule has 2 N–H and O–H groups in total. The van der Waals surface area contributed by atoms with Crippen molar-refractivity contribution >= 4 is 28.7 Å². The number of aliphatic hydroxyl groups excluding tert-OH is 1. The molecule has 0 fully saturated rings. The summed E-state index contributed by atoms with van der Waals surface area (Å²) in [5.41, 5.74) is 3.60. The zero-order valence-electron chi connectivity index (χ0n) is 21.9. The second kappa shape index (κ2) is 11.3. The number of aliphatic hydroxyl groups is 1. The molecule has 0 radical (unpaired) electrons. The van der Waals surface area contributed by atoms with Crippen LogP contribution < -0.4 is 9.47 Å². The summed E-state index contributed by atoms with van der Waals surface area (Å²) in [5.74, 6) is -0.0666. The number of benzene rings is 3. The number of amides is 1. The minimum atomic E-state index is -0.735. The number of ether oxygens (including phenoxy) is 2. The van der Waals surface area contributed by atoms with E-state index in [1.807, 2.05) is 85.9 Å². The van der Waals surface area contributed by atoms with Crippen LogP contribution in [-0.4, -0.2) is 46.9 Å². The van der Waals surface area contributed by atoms with Crippen LogP contribution in [0.1, 0.15) is 29.7 Å². The van der Waals surface area contributed by atoms with Crippen molar-refractivity contribution in [1.29, 1.82) is 0 Å². The molecule has 0 unspecified atom stereocenters. The molecule has 7 heteroatoms. The van der Waals surface area contributed by atoms with Gasteiger partial charge in [0.05, 0.1) is 25.3 Å². The summed E-state index contributed by atoms with van der Waals surface area (Å²) < 4.78 is 11.0. The molecule has 0 saturated carbocycles. The van der Waals surface area contributed by atoms with Crippen molar-refractivity contribution in [2.75, 3.05) is 20.3 Å². The van der Waals surface area contributed by atoms with Crippen LogP contribution in [0.15, 0.2) is 96.4 Å². The third-order valence-electron chi connectivity index (χ3n) is 6.90. The van der Waals surface area contributed by atoms with Gasteiger partial charge in [-0.25, -0.2) is 0 Å². The fraction of sp³-hybridized carbons (Fsp3) is 0.188. The van der Waals surface area contributed by atoms with E-state index in [0.29, 0.717) is 30.9 Å². The first-order valence-corrected chi connectivity index (χ1v) is 12.9. The summed E-state index contributed by atoms with van der Waals surface area (Å²) in [4.78, 5) is 31.6. The molecule has 0 bridgehead atoms. The van der Waals surface area contributed by atoms with Crippen LogP contribution in [0.2, 0.25) is 0 Å². The molecule has 5 rings (SSSR count). The molecule has 7 nitrogen and oxygen atoms in total. The molecule has 0 spiro atoms. The van der Waals surface area contributed by atoms with Gasteiger partial charge in [-0.1, -0.05) is 48.5 Å². The highest BCUT2D eigenvalue weighted by Crippen LogP contribution is 2.39. The average molecular weight is 523 g/mol. The fourth-order valence-electron chi connectivity index (χ4n) is 4.95. The number of aromatic amines is 1. The van der Waals surface area contributed by atoms with Gasteiger partial charge in [-0.05, 0) is 66.4 Å². The first-order valence-electron chi connectivity index (χ1n) is 12.9. The lowest BCUT2D eigenvalue weighted by atomic mass is 9.95. The number of nitrogens with zero attached hydrogens (tertiary/aromatic N) is 1. The maximum Gasteiger partial charge on any atom is 0.290 e. The Morgan fingerprint density at radius 1 is 1.05 bits per heavy atom. The van der Waals surface area contributed by atoms with E-state index < -0.39 is 23.5 Å². The molecule has 2 heterocycles. The lowest BCUT2D eigenvalue weighted by Crippen LogP contribution is -2.33. The third-order valence-corrected chi connectivity index (χ3v) is 6.90. The second-order valence-electron chi connectivity index (χ2n) is 9.25. The first-order chi connectivity index (χ1) is 19.0. The number of allylic oxidation sites excluding steroid dienone is 1. The van der Waals surface area contributed by atoms with E-state index >= 15 is 0 Å². The minimum absolute atomic E-state index is 0.0666. The molecular formula is C32H30N2O5. The van der Waals surface area contributed by atoms with E-state index in [9.17, 15) is 14.7 Å². The Balaban J connectivity index is 1.47. The van der Waals surface area contributed by atoms with E-state index in [1.165, 1.54) is 6.08 Å². The largest absolute Gasteiger partial charge is 0.503 e. The lowest BCUT2D eigenvalue weighted by molar-refractivity contribution is -0.129. The fourth-order valence-corrected chi connectivity index (χ4v) is 4.95. The lowest BCUT2D eigenvalue weighted by Gasteiger charge is -2.26. The van der Waals surface area contributed by atoms with Gasteiger partial charge in [-0.3, -0.25) is 9.59 Å². The highest BCUT2D eigenvalue weighted by molar-refractivity contribution is 6.14. The van der Waals surface area contributed by atoms with Gasteiger partial charge in [0, 0.05) is 23.6 Å². The van der Waals surface area contributed by atoms with Crippen LogP contribution >= 0.6 is 0 Å². The zero-order chi connectivity index (χ0) is 27.4. The molecule has 39 heavy (non-hydrogen) atoms. The van der Waals surface area contributed by atoms with Crippen LogP contribution in [0.25, 0.3) is 17.0 Å². The third kappa shape index (κ3) is 5.29. The summed E-state index contributed by atoms with van der Waals surface area (Å²) in [5, 5.41) is 11.9. The molecule has 3 aromatic carbocycles. The molecule has 1 aliphatic heterocycles. The predicted molar refractivity (Wildman–Crippen MR) is 151 cm³/mol. The SMILES string of the molecule is CCOc1ccc([C@H]2C(C(=O)/C=C/c3ccccc3)=C(O)C(=O)N2CCc2c[nH]c3ccc(OC)cc23)cc1. The van der Waals surface area contributed by atoms with Crippen LogP contribution in [-0.2, 0) is 16.0 Å². The Morgan fingerprint density at radius 2 is 1.79 bits per heavy atom. The number of carbonyl (C=O) groups is 2. The summed E-state index contributed by atoms with van der Waals surface area (Å²) in [6, 6.07) is 21.8. The minimum Gasteiger partial charge on any atom is -0.503 e. The molecule has 1 atom stereocenters. The zero-order valence-corrected chi connectivity index (χ0v) is 21.9. The molecule has 0 aliphatic carbocycles. The number of H-pyrrole nitrogens is 1. The maximum atomic E-state index is 13.4. The van der Waals surface area contributed by atoms with Gasteiger partial charge in [0.15, 0.2) is 11.5 Å². The molecule has 1 amide bonds. The molecule has 0 saturated heterocycles. The van der Waals surface area contributed by atoms with Gasteiger partial charge in [-0.2, -0.15) is 0 Å². The van der Waals surface area contributed by atoms with Gasteiger partial charge < -0.3 is 24.5 Å². The average Bonchev–Trinajstić information content (AvgIpc) is 3.49. The van der Waals surface area contributed by atoms with E-state index in [2.05, 4.69) is 4.98 Å². The Labute approximate surface area is 227 Å². The predicted octanol–water partition coefficient (Wildman–Crippen LogP) is 5.80. The van der Waals surface area contributed by atoms with Crippen LogP contribution in [0, 0.1) is 0 Å². The van der Waals surface area contributed by atoms with E-state index in [1.54, 1.807) is 18.1 Å². The van der Waals surface area contributed by atoms with Crippen LogP contribution in [0.3, 0.4) is 0 Å². The van der Waals surface area contributed by atoms with Gasteiger partial charge >= 0.3 is 0 Å². The van der Waals surface area contributed by atoms with Gasteiger partial charge in [-0.15, -0.1) is 0 Å². The maximum absolute atomic E-state index is 13.4. The van der Waals surface area contributed by atoms with Gasteiger partial charge in [0.2, 0.25) is 0 Å². The highest BCUT2D eigenvalue weighted by Gasteiger charge is 2.42. The number of hydrogen-bond donors (Lipinski definition) is 2. The van der Waals surface area contributed by atoms with Crippen molar-refractivity contribution in [1.82, 2.24) is 9.88 Å². The summed E-state index contributed by atoms with van der Waals surface area (Å²) in [6.07, 6.45) is 5.52. The number of carbonyl (C=O) groups excluding carboxylic acids is 2. The molecule has 4 aromatic rings.